The zero-order chi connectivity index (χ0) is 14.4. The van der Waals surface area contributed by atoms with Gasteiger partial charge >= 0.3 is 0 Å². The Bertz CT molecular complexity index is 824. The fraction of sp³-hybridized carbons (Fsp3) is 0.0714. The highest BCUT2D eigenvalue weighted by atomic mass is 19.1. The lowest BCUT2D eigenvalue weighted by atomic mass is 10.1. The van der Waals surface area contributed by atoms with Crippen molar-refractivity contribution < 1.29 is 13.2 Å². The van der Waals surface area contributed by atoms with Crippen LogP contribution in [-0.2, 0) is 7.05 Å². The second kappa shape index (κ2) is 4.26. The molecular weight excluding hydrogens is 267 g/mol. The van der Waals surface area contributed by atoms with E-state index in [1.165, 1.54) is 28.8 Å². The van der Waals surface area contributed by atoms with Crippen molar-refractivity contribution in [2.45, 2.75) is 0 Å². The molecule has 20 heavy (non-hydrogen) atoms. The van der Waals surface area contributed by atoms with E-state index < -0.39 is 17.5 Å². The first kappa shape index (κ1) is 12.5. The van der Waals surface area contributed by atoms with Gasteiger partial charge in [-0.15, -0.1) is 0 Å². The molecule has 2 N–H and O–H groups in total. The normalized spacial score (nSPS) is 11.2. The Morgan fingerprint density at radius 1 is 1.05 bits per heavy atom. The smallest absolute Gasteiger partial charge is 0.149 e. The third-order valence-electron chi connectivity index (χ3n) is 3.17. The van der Waals surface area contributed by atoms with Gasteiger partial charge in [-0.25, -0.2) is 18.2 Å². The second-order valence-electron chi connectivity index (χ2n) is 4.48. The molecule has 0 aliphatic carbocycles. The molecule has 0 spiro atoms. The molecule has 1 aromatic heterocycles. The summed E-state index contributed by atoms with van der Waals surface area (Å²) in [6, 6.07) is 5.97. The number of aromatic nitrogens is 2. The maximum absolute atomic E-state index is 13.9. The van der Waals surface area contributed by atoms with Gasteiger partial charge in [-0.1, -0.05) is 0 Å². The lowest BCUT2D eigenvalue weighted by molar-refractivity contribution is 0.587. The van der Waals surface area contributed by atoms with Crippen molar-refractivity contribution in [3.63, 3.8) is 0 Å². The quantitative estimate of drug-likeness (QED) is 0.694. The number of rotatable bonds is 1. The molecule has 0 saturated carbocycles. The monoisotopic (exact) mass is 277 g/mol. The van der Waals surface area contributed by atoms with Crippen LogP contribution in [0.25, 0.3) is 22.4 Å². The molecule has 1 heterocycles. The summed E-state index contributed by atoms with van der Waals surface area (Å²) in [5.41, 5.74) is 6.40. The van der Waals surface area contributed by atoms with Crippen LogP contribution in [0.3, 0.4) is 0 Å². The van der Waals surface area contributed by atoms with E-state index in [4.69, 9.17) is 5.73 Å². The van der Waals surface area contributed by atoms with Crippen LogP contribution in [0.15, 0.2) is 30.3 Å². The molecule has 0 atom stereocenters. The van der Waals surface area contributed by atoms with Crippen LogP contribution >= 0.6 is 0 Å². The van der Waals surface area contributed by atoms with E-state index in [0.717, 1.165) is 0 Å². The summed E-state index contributed by atoms with van der Waals surface area (Å²) in [4.78, 5) is 4.23. The minimum absolute atomic E-state index is 0.0722. The van der Waals surface area contributed by atoms with E-state index in [9.17, 15) is 13.2 Å². The molecular formula is C14H10F3N3. The number of nitrogen functional groups attached to an aromatic ring is 1. The molecule has 2 aromatic carbocycles. The maximum atomic E-state index is 13.9. The van der Waals surface area contributed by atoms with Gasteiger partial charge in [0.25, 0.3) is 0 Å². The highest BCUT2D eigenvalue weighted by Gasteiger charge is 2.16. The number of halogens is 3. The van der Waals surface area contributed by atoms with Crippen LogP contribution in [0.4, 0.5) is 18.9 Å². The molecule has 0 unspecified atom stereocenters. The number of nitrogens with zero attached hydrogens (tertiary/aromatic N) is 2. The van der Waals surface area contributed by atoms with Crippen molar-refractivity contribution in [1.82, 2.24) is 9.55 Å². The number of hydrogen-bond acceptors (Lipinski definition) is 2. The lowest BCUT2D eigenvalue weighted by Gasteiger charge is -2.06. The molecule has 0 aliphatic rings. The highest BCUT2D eigenvalue weighted by molar-refractivity contribution is 5.81. The third kappa shape index (κ3) is 1.80. The standard InChI is InChI=1S/C14H10F3N3/c1-20-13-4-7(15)2-3-12(13)19-14(20)8-5-11(18)10(17)6-9(8)16/h2-6H,18H2,1H3. The molecule has 3 rings (SSSR count). The first-order valence-corrected chi connectivity index (χ1v) is 5.84. The van der Waals surface area contributed by atoms with Gasteiger partial charge in [0.05, 0.1) is 22.3 Å². The fourth-order valence-electron chi connectivity index (χ4n) is 2.14. The summed E-state index contributed by atoms with van der Waals surface area (Å²) in [5.74, 6) is -1.74. The summed E-state index contributed by atoms with van der Waals surface area (Å²) in [7, 11) is 1.63. The van der Waals surface area contributed by atoms with Gasteiger partial charge in [-0.3, -0.25) is 0 Å². The van der Waals surface area contributed by atoms with E-state index >= 15 is 0 Å². The largest absolute Gasteiger partial charge is 0.396 e. The first-order chi connectivity index (χ1) is 9.47. The Balaban J connectivity index is 2.30. The highest BCUT2D eigenvalue weighted by Crippen LogP contribution is 2.29. The van der Waals surface area contributed by atoms with Gasteiger partial charge in [0.15, 0.2) is 0 Å². The van der Waals surface area contributed by atoms with Gasteiger partial charge in [0.1, 0.15) is 23.3 Å². The number of benzene rings is 2. The predicted molar refractivity (Wildman–Crippen MR) is 70.4 cm³/mol. The molecule has 0 amide bonds. The van der Waals surface area contributed by atoms with Gasteiger partial charge in [0, 0.05) is 13.1 Å². The number of aryl methyl sites for hydroxylation is 1. The minimum atomic E-state index is -0.823. The average Bonchev–Trinajstić information content (AvgIpc) is 2.71. The second-order valence-corrected chi connectivity index (χ2v) is 4.48. The summed E-state index contributed by atoms with van der Waals surface area (Å²) in [6.45, 7) is 0. The molecule has 0 aliphatic heterocycles. The number of anilines is 1. The Labute approximate surface area is 112 Å². The molecule has 3 nitrogen and oxygen atoms in total. The number of fused-ring (bicyclic) bond motifs is 1. The summed E-state index contributed by atoms with van der Waals surface area (Å²) in [6.07, 6.45) is 0. The van der Waals surface area contributed by atoms with Crippen molar-refractivity contribution >= 4 is 16.7 Å². The van der Waals surface area contributed by atoms with E-state index in [1.54, 1.807) is 7.05 Å². The molecule has 0 bridgehead atoms. The number of nitrogens with two attached hydrogens (primary N) is 1. The zero-order valence-electron chi connectivity index (χ0n) is 10.5. The molecule has 0 radical (unpaired) electrons. The number of hydrogen-bond donors (Lipinski definition) is 1. The van der Waals surface area contributed by atoms with Crippen LogP contribution in [0.1, 0.15) is 0 Å². The Kier molecular flexibility index (Phi) is 2.67. The Hall–Kier alpha value is -2.50. The molecule has 0 saturated heterocycles. The van der Waals surface area contributed by atoms with Gasteiger partial charge < -0.3 is 10.3 Å². The van der Waals surface area contributed by atoms with Crippen LogP contribution in [-0.4, -0.2) is 9.55 Å². The molecule has 3 aromatic rings. The molecule has 0 fully saturated rings. The van der Waals surface area contributed by atoms with Gasteiger partial charge in [-0.2, -0.15) is 0 Å². The lowest BCUT2D eigenvalue weighted by Crippen LogP contribution is -1.99. The van der Waals surface area contributed by atoms with Crippen LogP contribution in [0, 0.1) is 17.5 Å². The van der Waals surface area contributed by atoms with Crippen LogP contribution in [0.5, 0.6) is 0 Å². The van der Waals surface area contributed by atoms with Crippen molar-refractivity contribution in [2.75, 3.05) is 5.73 Å². The van der Waals surface area contributed by atoms with Crippen LogP contribution in [0.2, 0.25) is 0 Å². The number of imidazole rings is 1. The summed E-state index contributed by atoms with van der Waals surface area (Å²) >= 11 is 0. The average molecular weight is 277 g/mol. The molecule has 6 heteroatoms. The van der Waals surface area contributed by atoms with E-state index in [-0.39, 0.29) is 17.1 Å². The van der Waals surface area contributed by atoms with Crippen LogP contribution < -0.4 is 5.73 Å². The van der Waals surface area contributed by atoms with E-state index in [0.29, 0.717) is 17.1 Å². The summed E-state index contributed by atoms with van der Waals surface area (Å²) in [5, 5.41) is 0. The minimum Gasteiger partial charge on any atom is -0.396 e. The van der Waals surface area contributed by atoms with Gasteiger partial charge in [-0.05, 0) is 24.3 Å². The topological polar surface area (TPSA) is 43.8 Å². The van der Waals surface area contributed by atoms with Crippen molar-refractivity contribution in [1.29, 1.82) is 0 Å². The van der Waals surface area contributed by atoms with E-state index in [2.05, 4.69) is 4.98 Å². The van der Waals surface area contributed by atoms with Gasteiger partial charge in [0.2, 0.25) is 0 Å². The third-order valence-corrected chi connectivity index (χ3v) is 3.17. The van der Waals surface area contributed by atoms with Crippen molar-refractivity contribution in [2.24, 2.45) is 7.05 Å². The van der Waals surface area contributed by atoms with Crippen molar-refractivity contribution in [3.8, 4) is 11.4 Å². The fourth-order valence-corrected chi connectivity index (χ4v) is 2.14. The molecule has 102 valence electrons. The Morgan fingerprint density at radius 2 is 1.80 bits per heavy atom. The zero-order valence-corrected chi connectivity index (χ0v) is 10.5. The maximum Gasteiger partial charge on any atom is 0.149 e. The SMILES string of the molecule is Cn1c(-c2cc(N)c(F)cc2F)nc2ccc(F)cc21. The predicted octanol–water partition coefficient (Wildman–Crippen LogP) is 3.24. The Morgan fingerprint density at radius 3 is 2.55 bits per heavy atom. The summed E-state index contributed by atoms with van der Waals surface area (Å²) < 4.78 is 41.8. The van der Waals surface area contributed by atoms with E-state index in [1.807, 2.05) is 0 Å². The first-order valence-electron chi connectivity index (χ1n) is 5.84. The van der Waals surface area contributed by atoms with Crippen molar-refractivity contribution in [3.05, 3.63) is 47.8 Å².